The molecule has 0 radical (unpaired) electrons. The van der Waals surface area contributed by atoms with Crippen molar-refractivity contribution >= 4 is 11.9 Å². The third kappa shape index (κ3) is 2.61. The van der Waals surface area contributed by atoms with Gasteiger partial charge in [-0.05, 0) is 18.9 Å². The molecule has 102 valence electrons. The molecule has 1 saturated heterocycles. The second kappa shape index (κ2) is 5.40. The number of carboxylic acids is 1. The van der Waals surface area contributed by atoms with Crippen LogP contribution in [-0.4, -0.2) is 39.6 Å². The summed E-state index contributed by atoms with van der Waals surface area (Å²) in [5.41, 5.74) is 0.526. The van der Waals surface area contributed by atoms with Gasteiger partial charge in [0, 0.05) is 12.6 Å². The van der Waals surface area contributed by atoms with Crippen LogP contribution in [0.3, 0.4) is 0 Å². The average Bonchev–Trinajstić information content (AvgIpc) is 2.80. The van der Waals surface area contributed by atoms with Crippen LogP contribution in [0.25, 0.3) is 0 Å². The van der Waals surface area contributed by atoms with E-state index in [1.54, 1.807) is 37.3 Å². The van der Waals surface area contributed by atoms with Crippen molar-refractivity contribution < 1.29 is 19.8 Å². The van der Waals surface area contributed by atoms with Crippen molar-refractivity contribution in [3.63, 3.8) is 0 Å². The van der Waals surface area contributed by atoms with Gasteiger partial charge in [-0.15, -0.1) is 0 Å². The van der Waals surface area contributed by atoms with Crippen LogP contribution in [0, 0.1) is 5.92 Å². The molecule has 1 aliphatic rings. The molecule has 1 amide bonds. The Labute approximate surface area is 111 Å². The van der Waals surface area contributed by atoms with Gasteiger partial charge in [-0.25, -0.2) is 0 Å². The fourth-order valence-electron chi connectivity index (χ4n) is 2.52. The molecule has 2 rings (SSSR count). The fraction of sp³-hybridized carbons (Fsp3) is 0.429. The van der Waals surface area contributed by atoms with E-state index in [4.69, 9.17) is 5.11 Å². The molecule has 1 aromatic carbocycles. The number of carboxylic acid groups (broad SMARTS) is 1. The second-order valence-corrected chi connectivity index (χ2v) is 4.82. The summed E-state index contributed by atoms with van der Waals surface area (Å²) in [4.78, 5) is 24.7. The largest absolute Gasteiger partial charge is 0.481 e. The van der Waals surface area contributed by atoms with Crippen molar-refractivity contribution in [1.29, 1.82) is 0 Å². The Morgan fingerprint density at radius 1 is 1.32 bits per heavy atom. The number of aliphatic hydroxyl groups is 1. The molecular weight excluding hydrogens is 246 g/mol. The minimum Gasteiger partial charge on any atom is -0.481 e. The van der Waals surface area contributed by atoms with E-state index >= 15 is 0 Å². The zero-order valence-electron chi connectivity index (χ0n) is 10.7. The number of rotatable bonds is 3. The van der Waals surface area contributed by atoms with Crippen molar-refractivity contribution in [3.05, 3.63) is 35.9 Å². The topological polar surface area (TPSA) is 77.8 Å². The molecule has 0 aromatic heterocycles. The van der Waals surface area contributed by atoms with Crippen LogP contribution in [0.2, 0.25) is 0 Å². The van der Waals surface area contributed by atoms with Gasteiger partial charge in [0.15, 0.2) is 6.10 Å². The minimum atomic E-state index is -1.23. The van der Waals surface area contributed by atoms with Gasteiger partial charge < -0.3 is 15.1 Å². The van der Waals surface area contributed by atoms with E-state index in [1.165, 1.54) is 4.90 Å². The molecule has 19 heavy (non-hydrogen) atoms. The van der Waals surface area contributed by atoms with Crippen LogP contribution in [0.4, 0.5) is 0 Å². The monoisotopic (exact) mass is 263 g/mol. The molecule has 0 spiro atoms. The Hall–Kier alpha value is -1.88. The van der Waals surface area contributed by atoms with Crippen molar-refractivity contribution in [2.24, 2.45) is 5.92 Å². The lowest BCUT2D eigenvalue weighted by Gasteiger charge is -2.25. The van der Waals surface area contributed by atoms with Crippen molar-refractivity contribution in [1.82, 2.24) is 4.90 Å². The SMILES string of the molecule is CC1C(C(=O)O)CCN1C(=O)C(O)c1ccccc1. The summed E-state index contributed by atoms with van der Waals surface area (Å²) >= 11 is 0. The van der Waals surface area contributed by atoms with Gasteiger partial charge in [0.1, 0.15) is 0 Å². The third-order valence-corrected chi connectivity index (χ3v) is 3.70. The predicted molar refractivity (Wildman–Crippen MR) is 68.3 cm³/mol. The van der Waals surface area contributed by atoms with Gasteiger partial charge in [0.25, 0.3) is 5.91 Å². The zero-order valence-corrected chi connectivity index (χ0v) is 10.7. The molecule has 3 unspecified atom stereocenters. The second-order valence-electron chi connectivity index (χ2n) is 4.82. The van der Waals surface area contributed by atoms with Crippen LogP contribution < -0.4 is 0 Å². The van der Waals surface area contributed by atoms with Crippen LogP contribution in [0.5, 0.6) is 0 Å². The maximum Gasteiger partial charge on any atom is 0.308 e. The Morgan fingerprint density at radius 3 is 2.47 bits per heavy atom. The number of nitrogens with zero attached hydrogens (tertiary/aromatic N) is 1. The van der Waals surface area contributed by atoms with E-state index in [9.17, 15) is 14.7 Å². The number of benzene rings is 1. The first kappa shape index (κ1) is 13.5. The van der Waals surface area contributed by atoms with E-state index < -0.39 is 23.9 Å². The number of carbonyl (C=O) groups excluding carboxylic acids is 1. The molecule has 1 fully saturated rings. The van der Waals surface area contributed by atoms with Gasteiger partial charge in [-0.3, -0.25) is 9.59 Å². The van der Waals surface area contributed by atoms with E-state index in [-0.39, 0.29) is 6.04 Å². The molecule has 0 saturated carbocycles. The molecule has 3 atom stereocenters. The molecule has 5 nitrogen and oxygen atoms in total. The van der Waals surface area contributed by atoms with Crippen molar-refractivity contribution in [2.45, 2.75) is 25.5 Å². The normalized spacial score (nSPS) is 24.2. The van der Waals surface area contributed by atoms with E-state index in [0.29, 0.717) is 18.5 Å². The Bertz CT molecular complexity index is 474. The molecule has 2 N–H and O–H groups in total. The lowest BCUT2D eigenvalue weighted by Crippen LogP contribution is -2.40. The summed E-state index contributed by atoms with van der Waals surface area (Å²) in [5, 5.41) is 19.1. The summed E-state index contributed by atoms with van der Waals surface area (Å²) in [5.74, 6) is -1.87. The third-order valence-electron chi connectivity index (χ3n) is 3.70. The van der Waals surface area contributed by atoms with Crippen LogP contribution >= 0.6 is 0 Å². The molecular formula is C14H17NO4. The van der Waals surface area contributed by atoms with Crippen LogP contribution in [0.1, 0.15) is 25.0 Å². The highest BCUT2D eigenvalue weighted by Crippen LogP contribution is 2.27. The van der Waals surface area contributed by atoms with Gasteiger partial charge >= 0.3 is 5.97 Å². The minimum absolute atomic E-state index is 0.376. The number of amides is 1. The number of likely N-dealkylation sites (tertiary alicyclic amines) is 1. The van der Waals surface area contributed by atoms with Gasteiger partial charge in [0.2, 0.25) is 0 Å². The number of aliphatic hydroxyl groups excluding tert-OH is 1. The Balaban J connectivity index is 2.11. The molecule has 1 aliphatic heterocycles. The summed E-state index contributed by atoms with van der Waals surface area (Å²) in [7, 11) is 0. The smallest absolute Gasteiger partial charge is 0.308 e. The summed E-state index contributed by atoms with van der Waals surface area (Å²) in [6, 6.07) is 8.28. The molecule has 1 aromatic rings. The average molecular weight is 263 g/mol. The Morgan fingerprint density at radius 2 is 1.95 bits per heavy atom. The van der Waals surface area contributed by atoms with E-state index in [0.717, 1.165) is 0 Å². The first-order valence-corrected chi connectivity index (χ1v) is 6.28. The maximum absolute atomic E-state index is 12.2. The first-order chi connectivity index (χ1) is 9.02. The number of carbonyl (C=O) groups is 2. The van der Waals surface area contributed by atoms with Crippen LogP contribution in [0.15, 0.2) is 30.3 Å². The van der Waals surface area contributed by atoms with Crippen molar-refractivity contribution in [2.75, 3.05) is 6.54 Å². The first-order valence-electron chi connectivity index (χ1n) is 6.28. The molecule has 0 bridgehead atoms. The highest BCUT2D eigenvalue weighted by Gasteiger charge is 2.40. The van der Waals surface area contributed by atoms with E-state index in [2.05, 4.69) is 0 Å². The summed E-state index contributed by atoms with van der Waals surface area (Å²) in [6.45, 7) is 2.09. The predicted octanol–water partition coefficient (Wildman–Crippen LogP) is 1.04. The fourth-order valence-corrected chi connectivity index (χ4v) is 2.52. The number of hydrogen-bond donors (Lipinski definition) is 2. The quantitative estimate of drug-likeness (QED) is 0.854. The van der Waals surface area contributed by atoms with Gasteiger partial charge in [0.05, 0.1) is 5.92 Å². The van der Waals surface area contributed by atoms with E-state index in [1.807, 2.05) is 0 Å². The standard InChI is InChI=1S/C14H17NO4/c1-9-11(14(18)19)7-8-15(9)13(17)12(16)10-5-3-2-4-6-10/h2-6,9,11-12,16H,7-8H2,1H3,(H,18,19). The van der Waals surface area contributed by atoms with Crippen molar-refractivity contribution in [3.8, 4) is 0 Å². The maximum atomic E-state index is 12.2. The summed E-state index contributed by atoms with van der Waals surface area (Å²) in [6.07, 6.45) is -0.791. The number of hydrogen-bond acceptors (Lipinski definition) is 3. The summed E-state index contributed by atoms with van der Waals surface area (Å²) < 4.78 is 0. The molecule has 5 heteroatoms. The van der Waals surface area contributed by atoms with Crippen LogP contribution in [-0.2, 0) is 9.59 Å². The zero-order chi connectivity index (χ0) is 14.0. The van der Waals surface area contributed by atoms with Gasteiger partial charge in [-0.2, -0.15) is 0 Å². The highest BCUT2D eigenvalue weighted by molar-refractivity contribution is 5.84. The molecule has 1 heterocycles. The Kier molecular flexibility index (Phi) is 3.85. The number of aliphatic carboxylic acids is 1. The lowest BCUT2D eigenvalue weighted by molar-refractivity contribution is -0.145. The highest BCUT2D eigenvalue weighted by atomic mass is 16.4. The lowest BCUT2D eigenvalue weighted by atomic mass is 10.0. The molecule has 0 aliphatic carbocycles. The van der Waals surface area contributed by atoms with Gasteiger partial charge in [-0.1, -0.05) is 30.3 Å².